The second-order valence-electron chi connectivity index (χ2n) is 6.47. The van der Waals surface area contributed by atoms with Gasteiger partial charge in [-0.15, -0.1) is 15.3 Å². The number of H-pyrrole nitrogens is 1. The lowest BCUT2D eigenvalue weighted by Crippen LogP contribution is -2.13. The van der Waals surface area contributed by atoms with Gasteiger partial charge in [0.1, 0.15) is 6.26 Å². The molecule has 0 saturated carbocycles. The van der Waals surface area contributed by atoms with Crippen molar-refractivity contribution in [3.05, 3.63) is 24.0 Å². The van der Waals surface area contributed by atoms with Crippen LogP contribution >= 0.6 is 0 Å². The largest absolute Gasteiger partial charge is 0.430 e. The van der Waals surface area contributed by atoms with E-state index >= 15 is 0 Å². The zero-order chi connectivity index (χ0) is 15.9. The van der Waals surface area contributed by atoms with Gasteiger partial charge in [0.05, 0.1) is 11.9 Å². The maximum atomic E-state index is 5.09. The Balaban J connectivity index is 2.17. The Kier molecular flexibility index (Phi) is 3.31. The van der Waals surface area contributed by atoms with Gasteiger partial charge in [-0.05, 0) is 0 Å². The summed E-state index contributed by atoms with van der Waals surface area (Å²) < 4.78 is 6.96. The van der Waals surface area contributed by atoms with Crippen LogP contribution < -0.4 is 0 Å². The second-order valence-corrected chi connectivity index (χ2v) is 6.47. The maximum absolute atomic E-state index is 5.09. The van der Waals surface area contributed by atoms with E-state index in [9.17, 15) is 0 Å². The molecular weight excluding hydrogens is 282 g/mol. The molecule has 0 bridgehead atoms. The zero-order valence-corrected chi connectivity index (χ0v) is 13.3. The van der Waals surface area contributed by atoms with E-state index in [-0.39, 0.29) is 17.3 Å². The van der Waals surface area contributed by atoms with Crippen LogP contribution in [-0.2, 0) is 5.41 Å². The number of fused-ring (bicyclic) bond motifs is 1. The first-order chi connectivity index (χ1) is 10.4. The molecule has 3 aromatic rings. The minimum atomic E-state index is -0.139. The predicted octanol–water partition coefficient (Wildman–Crippen LogP) is 3.88. The van der Waals surface area contributed by atoms with E-state index in [0.29, 0.717) is 11.3 Å². The van der Waals surface area contributed by atoms with Crippen molar-refractivity contribution in [2.45, 2.75) is 46.0 Å². The van der Waals surface area contributed by atoms with Gasteiger partial charge in [0.25, 0.3) is 0 Å². The first kappa shape index (κ1) is 14.4. The van der Waals surface area contributed by atoms with Crippen molar-refractivity contribution in [2.75, 3.05) is 0 Å². The monoisotopic (exact) mass is 301 g/mol. The van der Waals surface area contributed by atoms with Gasteiger partial charge < -0.3 is 4.42 Å². The summed E-state index contributed by atoms with van der Waals surface area (Å²) in [4.78, 5) is 3.94. The molecule has 8 heteroatoms. The Morgan fingerprint density at radius 1 is 1.23 bits per heavy atom. The van der Waals surface area contributed by atoms with Crippen LogP contribution in [0.25, 0.3) is 5.65 Å². The molecule has 3 heterocycles. The average Bonchev–Trinajstić information content (AvgIpc) is 3.11. The average molecular weight is 301 g/mol. The highest BCUT2D eigenvalue weighted by atomic mass is 16.4. The molecular formula is C14H19N7O. The third-order valence-electron chi connectivity index (χ3n) is 3.28. The Labute approximate surface area is 127 Å². The molecule has 116 valence electrons. The van der Waals surface area contributed by atoms with Crippen LogP contribution in [0.1, 0.15) is 52.1 Å². The number of hydrogen-bond donors (Lipinski definition) is 1. The standard InChI is InChI=1S/C14H19N7O/c1-8(2)11-17-18-12-9(16-19-13-15-6-7-22-13)10(14(3,4)5)20-21(11)12/h6-8,20H,1-5H3. The molecule has 0 radical (unpaired) electrons. The fourth-order valence-electron chi connectivity index (χ4n) is 2.19. The fourth-order valence-corrected chi connectivity index (χ4v) is 2.19. The Hall–Kier alpha value is -2.51. The third-order valence-corrected chi connectivity index (χ3v) is 3.28. The van der Waals surface area contributed by atoms with Gasteiger partial charge in [-0.2, -0.15) is 4.98 Å². The highest BCUT2D eigenvalue weighted by molar-refractivity contribution is 5.68. The lowest BCUT2D eigenvalue weighted by Gasteiger charge is -2.16. The molecule has 0 unspecified atom stereocenters. The normalized spacial score (nSPS) is 13.0. The summed E-state index contributed by atoms with van der Waals surface area (Å²) in [5.74, 6) is 1.11. The summed E-state index contributed by atoms with van der Waals surface area (Å²) in [7, 11) is 0. The molecule has 0 saturated heterocycles. The highest BCUT2D eigenvalue weighted by Gasteiger charge is 2.26. The topological polar surface area (TPSA) is 96.7 Å². The number of azo groups is 1. The summed E-state index contributed by atoms with van der Waals surface area (Å²) >= 11 is 0. The summed E-state index contributed by atoms with van der Waals surface area (Å²) in [5.41, 5.74) is 2.11. The smallest absolute Gasteiger partial charge is 0.340 e. The molecule has 0 fully saturated rings. The van der Waals surface area contributed by atoms with Gasteiger partial charge in [-0.3, -0.25) is 5.10 Å². The maximum Gasteiger partial charge on any atom is 0.340 e. The number of nitrogens with zero attached hydrogens (tertiary/aromatic N) is 6. The van der Waals surface area contributed by atoms with E-state index in [1.54, 1.807) is 0 Å². The SMILES string of the molecule is CC(C)c1nnc2c(N=Nc3ncco3)c(C(C)(C)C)[nH]n12. The number of aromatic amines is 1. The van der Waals surface area contributed by atoms with E-state index in [1.807, 2.05) is 4.52 Å². The van der Waals surface area contributed by atoms with E-state index in [0.717, 1.165) is 11.5 Å². The Morgan fingerprint density at radius 2 is 2.00 bits per heavy atom. The molecule has 1 N–H and O–H groups in total. The van der Waals surface area contributed by atoms with Crippen LogP contribution in [0.3, 0.4) is 0 Å². The minimum absolute atomic E-state index is 0.139. The van der Waals surface area contributed by atoms with Crippen LogP contribution in [0.2, 0.25) is 0 Å². The molecule has 0 amide bonds. The molecule has 0 atom stereocenters. The van der Waals surface area contributed by atoms with Gasteiger partial charge in [0.2, 0.25) is 5.65 Å². The van der Waals surface area contributed by atoms with Crippen molar-refractivity contribution in [3.8, 4) is 0 Å². The van der Waals surface area contributed by atoms with E-state index in [1.165, 1.54) is 12.5 Å². The highest BCUT2D eigenvalue weighted by Crippen LogP contribution is 2.35. The lowest BCUT2D eigenvalue weighted by atomic mass is 9.91. The molecule has 3 rings (SSSR count). The van der Waals surface area contributed by atoms with Crippen LogP contribution in [0.4, 0.5) is 11.7 Å². The van der Waals surface area contributed by atoms with Crippen molar-refractivity contribution in [2.24, 2.45) is 10.2 Å². The fraction of sp³-hybridized carbons (Fsp3) is 0.500. The lowest BCUT2D eigenvalue weighted by molar-refractivity contribution is 0.555. The molecule has 8 nitrogen and oxygen atoms in total. The number of rotatable bonds is 3. The van der Waals surface area contributed by atoms with Crippen molar-refractivity contribution in [3.63, 3.8) is 0 Å². The number of hydrogen-bond acceptors (Lipinski definition) is 6. The molecule has 0 aliphatic rings. The first-order valence-electron chi connectivity index (χ1n) is 7.16. The van der Waals surface area contributed by atoms with E-state index < -0.39 is 0 Å². The summed E-state index contributed by atoms with van der Waals surface area (Å²) in [6, 6.07) is 0.211. The van der Waals surface area contributed by atoms with Gasteiger partial charge in [0, 0.05) is 11.3 Å². The molecule has 0 spiro atoms. The third kappa shape index (κ3) is 2.40. The number of oxazole rings is 1. The quantitative estimate of drug-likeness (QED) is 0.742. The number of aromatic nitrogens is 5. The van der Waals surface area contributed by atoms with Crippen molar-refractivity contribution in [1.29, 1.82) is 0 Å². The molecule has 0 aromatic carbocycles. The van der Waals surface area contributed by atoms with Crippen LogP contribution in [0.15, 0.2) is 27.1 Å². The summed E-state index contributed by atoms with van der Waals surface area (Å²) in [6.07, 6.45) is 2.99. The van der Waals surface area contributed by atoms with Crippen molar-refractivity contribution < 1.29 is 4.42 Å². The van der Waals surface area contributed by atoms with Crippen LogP contribution in [0.5, 0.6) is 0 Å². The van der Waals surface area contributed by atoms with Crippen LogP contribution in [-0.4, -0.2) is 24.8 Å². The van der Waals surface area contributed by atoms with E-state index in [4.69, 9.17) is 4.42 Å². The number of nitrogens with one attached hydrogen (secondary N) is 1. The molecule has 22 heavy (non-hydrogen) atoms. The predicted molar refractivity (Wildman–Crippen MR) is 80.8 cm³/mol. The summed E-state index contributed by atoms with van der Waals surface area (Å²) in [6.45, 7) is 10.4. The van der Waals surface area contributed by atoms with Gasteiger partial charge in [-0.25, -0.2) is 4.52 Å². The van der Waals surface area contributed by atoms with E-state index in [2.05, 4.69) is 65.1 Å². The van der Waals surface area contributed by atoms with Crippen molar-refractivity contribution >= 4 is 17.3 Å². The zero-order valence-electron chi connectivity index (χ0n) is 13.3. The Bertz CT molecular complexity index is 802. The summed E-state index contributed by atoms with van der Waals surface area (Å²) in [5, 5.41) is 20.1. The molecule has 0 aliphatic carbocycles. The van der Waals surface area contributed by atoms with Crippen LogP contribution in [0, 0.1) is 0 Å². The first-order valence-corrected chi connectivity index (χ1v) is 7.16. The van der Waals surface area contributed by atoms with Gasteiger partial charge in [-0.1, -0.05) is 39.7 Å². The van der Waals surface area contributed by atoms with Gasteiger partial charge >= 0.3 is 6.01 Å². The van der Waals surface area contributed by atoms with Crippen molar-refractivity contribution in [1.82, 2.24) is 24.8 Å². The minimum Gasteiger partial charge on any atom is -0.430 e. The molecule has 0 aliphatic heterocycles. The van der Waals surface area contributed by atoms with Gasteiger partial charge in [0.15, 0.2) is 11.5 Å². The molecule has 3 aromatic heterocycles. The second kappa shape index (κ2) is 5.04. The Morgan fingerprint density at radius 3 is 2.59 bits per heavy atom.